The fourth-order valence-electron chi connectivity index (χ4n) is 2.48. The monoisotopic (exact) mass is 286 g/mol. The van der Waals surface area contributed by atoms with Crippen molar-refractivity contribution in [3.8, 4) is 17.0 Å². The third-order valence-corrected chi connectivity index (χ3v) is 3.54. The van der Waals surface area contributed by atoms with E-state index in [-0.39, 0.29) is 0 Å². The summed E-state index contributed by atoms with van der Waals surface area (Å²) in [4.78, 5) is 10.8. The van der Waals surface area contributed by atoms with Crippen LogP contribution in [0.2, 0.25) is 0 Å². The summed E-state index contributed by atoms with van der Waals surface area (Å²) in [6.45, 7) is 3.02. The van der Waals surface area contributed by atoms with E-state index in [0.717, 1.165) is 24.3 Å². The lowest BCUT2D eigenvalue weighted by Crippen LogP contribution is -2.36. The first-order valence-corrected chi connectivity index (χ1v) is 6.87. The first-order chi connectivity index (χ1) is 10.3. The van der Waals surface area contributed by atoms with Gasteiger partial charge >= 0.3 is 0 Å². The smallest absolute Gasteiger partial charge is 0.168 e. The quantitative estimate of drug-likeness (QED) is 0.923. The molecule has 0 radical (unpaired) electrons. The van der Waals surface area contributed by atoms with Crippen molar-refractivity contribution in [1.29, 1.82) is 0 Å². The van der Waals surface area contributed by atoms with Gasteiger partial charge in [0.1, 0.15) is 11.4 Å². The zero-order valence-corrected chi connectivity index (χ0v) is 12.0. The fraction of sp³-hybridized carbons (Fsp3) is 0.333. The summed E-state index contributed by atoms with van der Waals surface area (Å²) in [7, 11) is 1.63. The number of morpholine rings is 1. The number of nitrogens with two attached hydrogens (primary N) is 1. The molecule has 1 aliphatic rings. The van der Waals surface area contributed by atoms with Crippen LogP contribution in [0.3, 0.4) is 0 Å². The van der Waals surface area contributed by atoms with Gasteiger partial charge in [0.25, 0.3) is 0 Å². The number of nitrogen functional groups attached to an aromatic ring is 1. The Labute approximate surface area is 123 Å². The molecule has 0 atom stereocenters. The maximum absolute atomic E-state index is 6.26. The van der Waals surface area contributed by atoms with Gasteiger partial charge in [-0.25, -0.2) is 0 Å². The van der Waals surface area contributed by atoms with Crippen LogP contribution in [0.5, 0.6) is 5.75 Å². The lowest BCUT2D eigenvalue weighted by Gasteiger charge is -2.30. The Morgan fingerprint density at radius 2 is 2.10 bits per heavy atom. The van der Waals surface area contributed by atoms with Gasteiger partial charge in [0.05, 0.1) is 32.2 Å². The molecule has 0 aromatic carbocycles. The van der Waals surface area contributed by atoms with Crippen molar-refractivity contribution in [3.63, 3.8) is 0 Å². The van der Waals surface area contributed by atoms with Crippen LogP contribution in [0.4, 0.5) is 11.4 Å². The van der Waals surface area contributed by atoms with Crippen LogP contribution in [0.25, 0.3) is 11.3 Å². The predicted octanol–water partition coefficient (Wildman–Crippen LogP) is 1.57. The van der Waals surface area contributed by atoms with Gasteiger partial charge in [-0.3, -0.25) is 9.97 Å². The highest BCUT2D eigenvalue weighted by molar-refractivity contribution is 5.82. The largest absolute Gasteiger partial charge is 0.492 e. The lowest BCUT2D eigenvalue weighted by atomic mass is 10.1. The topological polar surface area (TPSA) is 73.5 Å². The van der Waals surface area contributed by atoms with E-state index < -0.39 is 0 Å². The van der Waals surface area contributed by atoms with Crippen LogP contribution in [0.15, 0.2) is 30.7 Å². The van der Waals surface area contributed by atoms with E-state index in [2.05, 4.69) is 14.9 Å². The minimum absolute atomic E-state index is 0.537. The molecule has 0 spiro atoms. The molecule has 0 unspecified atom stereocenters. The van der Waals surface area contributed by atoms with Crippen LogP contribution < -0.4 is 15.4 Å². The highest BCUT2D eigenvalue weighted by Gasteiger charge is 2.20. The van der Waals surface area contributed by atoms with Crippen LogP contribution in [0.1, 0.15) is 0 Å². The molecule has 3 heterocycles. The standard InChI is InChI=1S/C15H18N4O2/c1-20-15-12(19-5-7-21-8-6-19)10-18-14(13(15)16)11-3-2-4-17-9-11/h2-4,9-10H,5-8,16H2,1H3. The number of hydrogen-bond acceptors (Lipinski definition) is 6. The van der Waals surface area contributed by atoms with Crippen molar-refractivity contribution in [2.45, 2.75) is 0 Å². The Morgan fingerprint density at radius 3 is 2.76 bits per heavy atom. The molecule has 1 fully saturated rings. The van der Waals surface area contributed by atoms with E-state index in [9.17, 15) is 0 Å². The van der Waals surface area contributed by atoms with Crippen LogP contribution in [0, 0.1) is 0 Å². The second-order valence-electron chi connectivity index (χ2n) is 4.78. The molecule has 110 valence electrons. The second kappa shape index (κ2) is 5.97. The minimum atomic E-state index is 0.537. The Balaban J connectivity index is 2.03. The Kier molecular flexibility index (Phi) is 3.87. The molecular weight excluding hydrogens is 268 g/mol. The molecule has 2 aromatic heterocycles. The molecule has 0 saturated carbocycles. The number of rotatable bonds is 3. The molecule has 6 nitrogen and oxygen atoms in total. The number of ether oxygens (including phenoxy) is 2. The third-order valence-electron chi connectivity index (χ3n) is 3.54. The molecule has 0 bridgehead atoms. The van der Waals surface area contributed by atoms with E-state index in [0.29, 0.717) is 30.3 Å². The van der Waals surface area contributed by atoms with Crippen molar-refractivity contribution in [1.82, 2.24) is 9.97 Å². The molecule has 1 saturated heterocycles. The highest BCUT2D eigenvalue weighted by Crippen LogP contribution is 2.39. The molecule has 21 heavy (non-hydrogen) atoms. The van der Waals surface area contributed by atoms with Gasteiger partial charge in [0, 0.05) is 31.0 Å². The Morgan fingerprint density at radius 1 is 1.29 bits per heavy atom. The fourth-order valence-corrected chi connectivity index (χ4v) is 2.48. The molecule has 0 aliphatic carbocycles. The van der Waals surface area contributed by atoms with E-state index in [1.54, 1.807) is 19.5 Å². The van der Waals surface area contributed by atoms with Crippen LogP contribution in [-0.4, -0.2) is 43.4 Å². The van der Waals surface area contributed by atoms with Gasteiger partial charge in [0.15, 0.2) is 5.75 Å². The van der Waals surface area contributed by atoms with Crippen LogP contribution in [-0.2, 0) is 4.74 Å². The predicted molar refractivity (Wildman–Crippen MR) is 81.5 cm³/mol. The van der Waals surface area contributed by atoms with Gasteiger partial charge in [0.2, 0.25) is 0 Å². The zero-order chi connectivity index (χ0) is 14.7. The first-order valence-electron chi connectivity index (χ1n) is 6.87. The van der Waals surface area contributed by atoms with Crippen molar-refractivity contribution in [2.75, 3.05) is 44.0 Å². The van der Waals surface area contributed by atoms with Gasteiger partial charge in [-0.1, -0.05) is 0 Å². The molecule has 2 aromatic rings. The van der Waals surface area contributed by atoms with Crippen molar-refractivity contribution in [2.24, 2.45) is 0 Å². The molecule has 1 aliphatic heterocycles. The first kappa shape index (κ1) is 13.6. The van der Waals surface area contributed by atoms with E-state index >= 15 is 0 Å². The SMILES string of the molecule is COc1c(N2CCOCC2)cnc(-c2cccnc2)c1N. The molecule has 2 N–H and O–H groups in total. The molecule has 0 amide bonds. The van der Waals surface area contributed by atoms with E-state index in [4.69, 9.17) is 15.2 Å². The van der Waals surface area contributed by atoms with E-state index in [1.807, 2.05) is 18.3 Å². The summed E-state index contributed by atoms with van der Waals surface area (Å²) >= 11 is 0. The van der Waals surface area contributed by atoms with Gasteiger partial charge in [-0.2, -0.15) is 0 Å². The number of hydrogen-bond donors (Lipinski definition) is 1. The number of methoxy groups -OCH3 is 1. The highest BCUT2D eigenvalue weighted by atomic mass is 16.5. The Hall–Kier alpha value is -2.34. The van der Waals surface area contributed by atoms with E-state index in [1.165, 1.54) is 0 Å². The Bertz CT molecular complexity index is 613. The van der Waals surface area contributed by atoms with Gasteiger partial charge in [-0.15, -0.1) is 0 Å². The van der Waals surface area contributed by atoms with Crippen molar-refractivity contribution in [3.05, 3.63) is 30.7 Å². The minimum Gasteiger partial charge on any atom is -0.492 e. The summed E-state index contributed by atoms with van der Waals surface area (Å²) in [6, 6.07) is 3.79. The van der Waals surface area contributed by atoms with Crippen molar-refractivity contribution >= 4 is 11.4 Å². The summed E-state index contributed by atoms with van der Waals surface area (Å²) in [5.74, 6) is 0.658. The maximum Gasteiger partial charge on any atom is 0.168 e. The average Bonchev–Trinajstić information content (AvgIpc) is 2.56. The van der Waals surface area contributed by atoms with Crippen molar-refractivity contribution < 1.29 is 9.47 Å². The molecule has 3 rings (SSSR count). The summed E-state index contributed by atoms with van der Waals surface area (Å²) in [5, 5.41) is 0. The third kappa shape index (κ3) is 2.62. The maximum atomic E-state index is 6.26. The number of anilines is 2. The van der Waals surface area contributed by atoms with Gasteiger partial charge in [-0.05, 0) is 12.1 Å². The lowest BCUT2D eigenvalue weighted by molar-refractivity contribution is 0.122. The second-order valence-corrected chi connectivity index (χ2v) is 4.78. The number of nitrogens with zero attached hydrogens (tertiary/aromatic N) is 3. The number of aromatic nitrogens is 2. The number of pyridine rings is 2. The normalized spacial score (nSPS) is 15.0. The molecular formula is C15H18N4O2. The summed E-state index contributed by atoms with van der Waals surface area (Å²) in [6.07, 6.45) is 5.27. The zero-order valence-electron chi connectivity index (χ0n) is 12.0. The summed E-state index contributed by atoms with van der Waals surface area (Å²) in [5.41, 5.74) is 9.27. The summed E-state index contributed by atoms with van der Waals surface area (Å²) < 4.78 is 10.9. The molecule has 6 heteroatoms. The average molecular weight is 286 g/mol. The van der Waals surface area contributed by atoms with Gasteiger partial charge < -0.3 is 20.1 Å². The van der Waals surface area contributed by atoms with Crippen LogP contribution >= 0.6 is 0 Å².